The molecule has 1 aliphatic carbocycles. The SMILES string of the molecule is CC[C](=[Zr+2])c1ccccc1.CCc1[cH-]c(C)cc1C(C)(C)C.[Cl-].[Cl-].[c-]1cccc2c1Cc1ccccc1-2. The summed E-state index contributed by atoms with van der Waals surface area (Å²) in [5, 5.41) is 0. The van der Waals surface area contributed by atoms with Crippen LogP contribution in [0.2, 0.25) is 0 Å². The fourth-order valence-corrected chi connectivity index (χ4v) is 4.96. The Morgan fingerprint density at radius 3 is 2.11 bits per heavy atom. The molecule has 0 atom stereocenters. The van der Waals surface area contributed by atoms with Gasteiger partial charge >= 0.3 is 76.7 Å². The number of aryl methyl sites for hydroxylation is 2. The molecule has 0 nitrogen and oxygen atoms in total. The maximum atomic E-state index is 3.30. The number of hydrogen-bond donors (Lipinski definition) is 0. The molecule has 0 amide bonds. The van der Waals surface area contributed by atoms with Gasteiger partial charge in [0.05, 0.1) is 0 Å². The van der Waals surface area contributed by atoms with Crippen molar-refractivity contribution in [1.29, 1.82) is 0 Å². The summed E-state index contributed by atoms with van der Waals surface area (Å²) in [4.78, 5) is 0. The third-order valence-corrected chi connectivity index (χ3v) is 7.98. The van der Waals surface area contributed by atoms with Gasteiger partial charge in [0.15, 0.2) is 0 Å². The van der Waals surface area contributed by atoms with Gasteiger partial charge in [-0.1, -0.05) is 81.8 Å². The van der Waals surface area contributed by atoms with Crippen LogP contribution in [0.15, 0.2) is 84.9 Å². The number of benzene rings is 3. The Kier molecular flexibility index (Phi) is 14.1. The molecule has 37 heavy (non-hydrogen) atoms. The van der Waals surface area contributed by atoms with Gasteiger partial charge < -0.3 is 24.8 Å². The Morgan fingerprint density at radius 1 is 0.892 bits per heavy atom. The van der Waals surface area contributed by atoms with Crippen LogP contribution in [-0.2, 0) is 42.5 Å². The predicted molar refractivity (Wildman–Crippen MR) is 149 cm³/mol. The van der Waals surface area contributed by atoms with Crippen LogP contribution in [0.4, 0.5) is 0 Å². The summed E-state index contributed by atoms with van der Waals surface area (Å²) in [5.74, 6) is 0. The minimum Gasteiger partial charge on any atom is -1.00 e. The maximum absolute atomic E-state index is 3.30. The first kappa shape index (κ1) is 33.4. The van der Waals surface area contributed by atoms with E-state index in [-0.39, 0.29) is 24.8 Å². The topological polar surface area (TPSA) is 0 Å². The zero-order chi connectivity index (χ0) is 25.4. The first-order valence-electron chi connectivity index (χ1n) is 12.7. The molecule has 5 rings (SSSR count). The van der Waals surface area contributed by atoms with Crippen LogP contribution in [-0.4, -0.2) is 3.21 Å². The number of rotatable bonds is 3. The summed E-state index contributed by atoms with van der Waals surface area (Å²) in [6, 6.07) is 33.3. The summed E-state index contributed by atoms with van der Waals surface area (Å²) in [6.45, 7) is 13.4. The molecular formula is C34H38Cl2Zr-2. The Hall–Kier alpha value is -1.66. The molecule has 3 heteroatoms. The van der Waals surface area contributed by atoms with Gasteiger partial charge in [-0.15, -0.1) is 5.56 Å². The van der Waals surface area contributed by atoms with Crippen molar-refractivity contribution in [2.45, 2.75) is 66.2 Å². The van der Waals surface area contributed by atoms with E-state index in [1.807, 2.05) is 6.07 Å². The summed E-state index contributed by atoms with van der Waals surface area (Å²) < 4.78 is 1.55. The molecular weight excluding hydrogens is 571 g/mol. The minimum absolute atomic E-state index is 0. The fraction of sp³-hybridized carbons (Fsp3) is 0.294. The molecule has 0 heterocycles. The van der Waals surface area contributed by atoms with Crippen LogP contribution in [0.3, 0.4) is 0 Å². The molecule has 0 unspecified atom stereocenters. The molecule has 0 aliphatic heterocycles. The molecule has 0 saturated carbocycles. The van der Waals surface area contributed by atoms with Crippen LogP contribution in [0.1, 0.15) is 74.4 Å². The van der Waals surface area contributed by atoms with Crippen molar-refractivity contribution in [2.24, 2.45) is 0 Å². The van der Waals surface area contributed by atoms with Crippen LogP contribution in [0.5, 0.6) is 0 Å². The van der Waals surface area contributed by atoms with Gasteiger partial charge in [0.25, 0.3) is 0 Å². The monoisotopic (exact) mass is 606 g/mol. The molecule has 4 aromatic rings. The van der Waals surface area contributed by atoms with Gasteiger partial charge in [-0.25, -0.2) is 6.07 Å². The smallest absolute Gasteiger partial charge is 0.0253 e. The van der Waals surface area contributed by atoms with E-state index in [1.54, 1.807) is 3.21 Å². The molecule has 0 radical (unpaired) electrons. The third-order valence-electron chi connectivity index (χ3n) is 6.40. The molecule has 4 aromatic carbocycles. The standard InChI is InChI=1S/C13H9.C12H19.C9H10.2ClH.Zr/c1-3-7-12-10(5-1)9-11-6-2-4-8-13(11)12;1-6-10-7-9(2)8-11(10)12(3,4)5;1-2-6-9-7-4-3-5-8-9;;;/h1-5,7-8H,9H2;7-8H,6H2,1-5H3;3-5,7-8H,2H2,1H3;2*1H;/q2*-1;;;;+2/p-2. The van der Waals surface area contributed by atoms with E-state index in [4.69, 9.17) is 0 Å². The third kappa shape index (κ3) is 9.24. The average Bonchev–Trinajstić information content (AvgIpc) is 3.45. The first-order chi connectivity index (χ1) is 16.7. The molecule has 0 N–H and O–H groups in total. The number of fused-ring (bicyclic) bond motifs is 3. The quantitative estimate of drug-likeness (QED) is 0.277. The van der Waals surface area contributed by atoms with Crippen molar-refractivity contribution in [3.05, 3.63) is 124 Å². The van der Waals surface area contributed by atoms with Crippen molar-refractivity contribution in [3.63, 3.8) is 0 Å². The zero-order valence-corrected chi connectivity index (χ0v) is 26.9. The van der Waals surface area contributed by atoms with E-state index < -0.39 is 0 Å². The molecule has 0 bridgehead atoms. The fourth-order valence-electron chi connectivity index (χ4n) is 4.55. The summed E-state index contributed by atoms with van der Waals surface area (Å²) in [5.41, 5.74) is 11.7. The summed E-state index contributed by atoms with van der Waals surface area (Å²) in [7, 11) is 0. The van der Waals surface area contributed by atoms with E-state index in [0.29, 0.717) is 5.41 Å². The van der Waals surface area contributed by atoms with Gasteiger partial charge in [-0.05, 0) is 6.42 Å². The Morgan fingerprint density at radius 2 is 1.51 bits per heavy atom. The molecule has 0 fully saturated rings. The van der Waals surface area contributed by atoms with Crippen molar-refractivity contribution >= 4 is 3.21 Å². The molecule has 1 aliphatic rings. The van der Waals surface area contributed by atoms with Gasteiger partial charge in [-0.2, -0.15) is 52.6 Å². The second-order valence-electron chi connectivity index (χ2n) is 10.2. The molecule has 0 spiro atoms. The molecule has 194 valence electrons. The second-order valence-corrected chi connectivity index (χ2v) is 11.7. The van der Waals surface area contributed by atoms with Gasteiger partial charge in [-0.3, -0.25) is 0 Å². The van der Waals surface area contributed by atoms with Crippen LogP contribution in [0, 0.1) is 13.0 Å². The van der Waals surface area contributed by atoms with Crippen molar-refractivity contribution in [1.82, 2.24) is 0 Å². The minimum atomic E-state index is 0. The van der Waals surface area contributed by atoms with E-state index >= 15 is 0 Å². The van der Waals surface area contributed by atoms with Crippen molar-refractivity contribution in [2.75, 3.05) is 0 Å². The molecule has 0 saturated heterocycles. The number of halogens is 2. The Labute approximate surface area is 252 Å². The predicted octanol–water partition coefficient (Wildman–Crippen LogP) is 2.80. The average molecular weight is 609 g/mol. The largest absolute Gasteiger partial charge is 1.00 e. The van der Waals surface area contributed by atoms with Gasteiger partial charge in [0, 0.05) is 0 Å². The molecule has 0 aromatic heterocycles. The summed E-state index contributed by atoms with van der Waals surface area (Å²) in [6.07, 6.45) is 3.38. The van der Waals surface area contributed by atoms with Crippen LogP contribution < -0.4 is 24.8 Å². The van der Waals surface area contributed by atoms with Gasteiger partial charge in [0.1, 0.15) is 0 Å². The second kappa shape index (κ2) is 15.7. The summed E-state index contributed by atoms with van der Waals surface area (Å²) >= 11 is 1.54. The van der Waals surface area contributed by atoms with E-state index in [1.165, 1.54) is 75.2 Å². The maximum Gasteiger partial charge on any atom is -0.0253 e. The van der Waals surface area contributed by atoms with Gasteiger partial charge in [0.2, 0.25) is 0 Å². The van der Waals surface area contributed by atoms with Crippen LogP contribution in [0.25, 0.3) is 11.1 Å². The zero-order valence-electron chi connectivity index (χ0n) is 23.0. The van der Waals surface area contributed by atoms with Crippen molar-refractivity contribution < 1.29 is 49.0 Å². The van der Waals surface area contributed by atoms with E-state index in [9.17, 15) is 0 Å². The van der Waals surface area contributed by atoms with Crippen LogP contribution >= 0.6 is 0 Å². The van der Waals surface area contributed by atoms with Crippen molar-refractivity contribution in [3.8, 4) is 11.1 Å². The van der Waals surface area contributed by atoms with E-state index in [0.717, 1.165) is 12.8 Å². The van der Waals surface area contributed by atoms with E-state index in [2.05, 4.69) is 126 Å². The number of hydrogen-bond acceptors (Lipinski definition) is 0. The first-order valence-corrected chi connectivity index (χ1v) is 13.9. The normalized spacial score (nSPS) is 10.8. The Bertz CT molecular complexity index is 1200. The Balaban J connectivity index is 0.000000273.